The molecule has 1 aromatic carbocycles. The minimum absolute atomic E-state index is 0.149. The quantitative estimate of drug-likeness (QED) is 0.660. The number of hydrogen-bond donors (Lipinski definition) is 1. The molecule has 0 saturated heterocycles. The van der Waals surface area contributed by atoms with Crippen LogP contribution in [0.1, 0.15) is 23.2 Å². The summed E-state index contributed by atoms with van der Waals surface area (Å²) < 4.78 is 13.8. The zero-order valence-electron chi connectivity index (χ0n) is 8.52. The van der Waals surface area contributed by atoms with Crippen LogP contribution in [0.2, 0.25) is 0 Å². The van der Waals surface area contributed by atoms with E-state index in [-0.39, 0.29) is 11.3 Å². The van der Waals surface area contributed by atoms with Gasteiger partial charge in [0.25, 0.3) is 0 Å². The summed E-state index contributed by atoms with van der Waals surface area (Å²) in [6.45, 7) is 0.765. The number of nitrogens with one attached hydrogen (secondary N) is 1. The molecule has 0 aliphatic heterocycles. The third-order valence-electron chi connectivity index (χ3n) is 2.08. The molecule has 0 amide bonds. The SMILES string of the molecule is CNCCCC(=O)c1cccc(Br)c1F. The van der Waals surface area contributed by atoms with Crippen LogP contribution < -0.4 is 5.32 Å². The van der Waals surface area contributed by atoms with Gasteiger partial charge >= 0.3 is 0 Å². The van der Waals surface area contributed by atoms with Crippen molar-refractivity contribution in [1.82, 2.24) is 5.32 Å². The second-order valence-corrected chi connectivity index (χ2v) is 4.09. The molecule has 0 unspecified atom stereocenters. The summed E-state index contributed by atoms with van der Waals surface area (Å²) in [5.74, 6) is -0.615. The van der Waals surface area contributed by atoms with Gasteiger partial charge in [0.2, 0.25) is 0 Å². The number of hydrogen-bond acceptors (Lipinski definition) is 2. The molecule has 1 rings (SSSR count). The molecule has 0 atom stereocenters. The number of ketones is 1. The van der Waals surface area contributed by atoms with Gasteiger partial charge in [0.1, 0.15) is 5.82 Å². The van der Waals surface area contributed by atoms with E-state index in [0.29, 0.717) is 10.9 Å². The first-order valence-electron chi connectivity index (χ1n) is 4.78. The highest BCUT2D eigenvalue weighted by molar-refractivity contribution is 9.10. The average Bonchev–Trinajstić information content (AvgIpc) is 2.22. The molecule has 0 fully saturated rings. The average molecular weight is 274 g/mol. The Balaban J connectivity index is 2.69. The van der Waals surface area contributed by atoms with E-state index in [1.54, 1.807) is 12.1 Å². The molecule has 0 saturated carbocycles. The van der Waals surface area contributed by atoms with Gasteiger partial charge in [-0.1, -0.05) is 6.07 Å². The van der Waals surface area contributed by atoms with E-state index in [2.05, 4.69) is 21.2 Å². The first kappa shape index (κ1) is 12.3. The van der Waals surface area contributed by atoms with Gasteiger partial charge < -0.3 is 5.32 Å². The van der Waals surface area contributed by atoms with Crippen LogP contribution in [0.3, 0.4) is 0 Å². The molecule has 0 aliphatic carbocycles. The molecule has 2 nitrogen and oxygen atoms in total. The van der Waals surface area contributed by atoms with Gasteiger partial charge in [0, 0.05) is 6.42 Å². The number of Topliss-reactive ketones (excluding diaryl/α,β-unsaturated/α-hetero) is 1. The van der Waals surface area contributed by atoms with Crippen molar-refractivity contribution < 1.29 is 9.18 Å². The van der Waals surface area contributed by atoms with Crippen molar-refractivity contribution in [3.8, 4) is 0 Å². The molecule has 0 aromatic heterocycles. The minimum atomic E-state index is -0.466. The van der Waals surface area contributed by atoms with Crippen LogP contribution in [-0.4, -0.2) is 19.4 Å². The van der Waals surface area contributed by atoms with Crippen molar-refractivity contribution in [1.29, 1.82) is 0 Å². The van der Waals surface area contributed by atoms with E-state index in [9.17, 15) is 9.18 Å². The van der Waals surface area contributed by atoms with Crippen LogP contribution in [0, 0.1) is 5.82 Å². The maximum absolute atomic E-state index is 13.5. The minimum Gasteiger partial charge on any atom is -0.320 e. The van der Waals surface area contributed by atoms with E-state index in [4.69, 9.17) is 0 Å². The lowest BCUT2D eigenvalue weighted by molar-refractivity contribution is 0.0976. The van der Waals surface area contributed by atoms with E-state index in [1.807, 2.05) is 7.05 Å². The van der Waals surface area contributed by atoms with E-state index in [0.717, 1.165) is 13.0 Å². The van der Waals surface area contributed by atoms with Gasteiger partial charge in [0.05, 0.1) is 10.0 Å². The van der Waals surface area contributed by atoms with Crippen molar-refractivity contribution in [2.24, 2.45) is 0 Å². The maximum Gasteiger partial charge on any atom is 0.165 e. The number of carbonyl (C=O) groups excluding carboxylic acids is 1. The predicted octanol–water partition coefficient (Wildman–Crippen LogP) is 2.77. The summed E-state index contributed by atoms with van der Waals surface area (Å²) in [6.07, 6.45) is 1.09. The summed E-state index contributed by atoms with van der Waals surface area (Å²) in [5, 5.41) is 2.95. The monoisotopic (exact) mass is 273 g/mol. The largest absolute Gasteiger partial charge is 0.320 e. The topological polar surface area (TPSA) is 29.1 Å². The second kappa shape index (κ2) is 5.98. The van der Waals surface area contributed by atoms with Gasteiger partial charge in [-0.15, -0.1) is 0 Å². The zero-order chi connectivity index (χ0) is 11.3. The highest BCUT2D eigenvalue weighted by Crippen LogP contribution is 2.19. The van der Waals surface area contributed by atoms with Crippen molar-refractivity contribution >= 4 is 21.7 Å². The lowest BCUT2D eigenvalue weighted by atomic mass is 10.1. The molecular formula is C11H13BrFNO. The maximum atomic E-state index is 13.5. The predicted molar refractivity (Wildman–Crippen MR) is 61.6 cm³/mol. The zero-order valence-corrected chi connectivity index (χ0v) is 10.1. The fourth-order valence-electron chi connectivity index (χ4n) is 1.28. The van der Waals surface area contributed by atoms with Crippen LogP contribution in [0.25, 0.3) is 0 Å². The highest BCUT2D eigenvalue weighted by atomic mass is 79.9. The van der Waals surface area contributed by atoms with Crippen molar-refractivity contribution in [2.75, 3.05) is 13.6 Å². The van der Waals surface area contributed by atoms with Crippen LogP contribution in [0.15, 0.2) is 22.7 Å². The first-order valence-corrected chi connectivity index (χ1v) is 5.58. The van der Waals surface area contributed by atoms with Crippen molar-refractivity contribution in [3.63, 3.8) is 0 Å². The van der Waals surface area contributed by atoms with Crippen LogP contribution >= 0.6 is 15.9 Å². The molecule has 1 N–H and O–H groups in total. The van der Waals surface area contributed by atoms with Gasteiger partial charge in [0.15, 0.2) is 5.78 Å². The normalized spacial score (nSPS) is 10.3. The summed E-state index contributed by atoms with van der Waals surface area (Å²) in [5.41, 5.74) is 0.167. The molecule has 1 aromatic rings. The summed E-state index contributed by atoms with van der Waals surface area (Å²) in [4.78, 5) is 11.6. The Morgan fingerprint density at radius 1 is 1.53 bits per heavy atom. The third-order valence-corrected chi connectivity index (χ3v) is 2.70. The molecule has 0 radical (unpaired) electrons. The molecule has 0 aliphatic rings. The first-order chi connectivity index (χ1) is 7.16. The van der Waals surface area contributed by atoms with Crippen LogP contribution in [0.4, 0.5) is 4.39 Å². The summed E-state index contributed by atoms with van der Waals surface area (Å²) in [7, 11) is 1.82. The molecule has 82 valence electrons. The van der Waals surface area contributed by atoms with Crippen molar-refractivity contribution in [2.45, 2.75) is 12.8 Å². The number of halogens is 2. The lowest BCUT2D eigenvalue weighted by Gasteiger charge is -2.03. The van der Waals surface area contributed by atoms with E-state index >= 15 is 0 Å². The smallest absolute Gasteiger partial charge is 0.165 e. The Kier molecular flexibility index (Phi) is 4.91. The molecule has 0 bridgehead atoms. The van der Waals surface area contributed by atoms with Gasteiger partial charge in [-0.2, -0.15) is 0 Å². The van der Waals surface area contributed by atoms with Crippen LogP contribution in [-0.2, 0) is 0 Å². The fourth-order valence-corrected chi connectivity index (χ4v) is 1.65. The van der Waals surface area contributed by atoms with Gasteiger partial charge in [-0.3, -0.25) is 4.79 Å². The molecular weight excluding hydrogens is 261 g/mol. The number of rotatable bonds is 5. The Labute approximate surface area is 97.0 Å². The van der Waals surface area contributed by atoms with Crippen molar-refractivity contribution in [3.05, 3.63) is 34.1 Å². The Bertz CT molecular complexity index is 354. The lowest BCUT2D eigenvalue weighted by Crippen LogP contribution is -2.10. The standard InChI is InChI=1S/C11H13BrFNO/c1-14-7-3-6-10(15)8-4-2-5-9(12)11(8)13/h2,4-5,14H,3,6-7H2,1H3. The van der Waals surface area contributed by atoms with Gasteiger partial charge in [-0.05, 0) is 48.1 Å². The molecule has 0 spiro atoms. The third kappa shape index (κ3) is 3.39. The molecule has 4 heteroatoms. The fraction of sp³-hybridized carbons (Fsp3) is 0.364. The Hall–Kier alpha value is -0.740. The van der Waals surface area contributed by atoms with E-state index in [1.165, 1.54) is 6.07 Å². The highest BCUT2D eigenvalue weighted by Gasteiger charge is 2.12. The second-order valence-electron chi connectivity index (χ2n) is 3.23. The Morgan fingerprint density at radius 3 is 2.93 bits per heavy atom. The van der Waals surface area contributed by atoms with E-state index < -0.39 is 5.82 Å². The summed E-state index contributed by atoms with van der Waals surface area (Å²) in [6, 6.07) is 4.76. The van der Waals surface area contributed by atoms with Gasteiger partial charge in [-0.25, -0.2) is 4.39 Å². The molecule has 0 heterocycles. The number of benzene rings is 1. The van der Waals surface area contributed by atoms with Crippen LogP contribution in [0.5, 0.6) is 0 Å². The molecule has 15 heavy (non-hydrogen) atoms. The summed E-state index contributed by atoms with van der Waals surface area (Å²) >= 11 is 3.06. The number of carbonyl (C=O) groups is 1. The Morgan fingerprint density at radius 2 is 2.27 bits per heavy atom.